The fraction of sp³-hybridized carbons (Fsp3) is 0.938. The van der Waals surface area contributed by atoms with Gasteiger partial charge >= 0.3 is 0 Å². The Morgan fingerprint density at radius 1 is 1.00 bits per heavy atom. The molecule has 1 N–H and O–H groups in total. The summed E-state index contributed by atoms with van der Waals surface area (Å²) < 4.78 is 0. The zero-order chi connectivity index (χ0) is 14.7. The van der Waals surface area contributed by atoms with E-state index in [1.54, 1.807) is 0 Å². The van der Waals surface area contributed by atoms with Gasteiger partial charge in [0.1, 0.15) is 0 Å². The summed E-state index contributed by atoms with van der Waals surface area (Å²) in [7, 11) is 0. The Morgan fingerprint density at radius 3 is 2.11 bits per heavy atom. The summed E-state index contributed by atoms with van der Waals surface area (Å²) in [6.07, 6.45) is 8.56. The lowest BCUT2D eigenvalue weighted by molar-refractivity contribution is -0.136. The Hall–Kier alpha value is -0.570. The monoisotopic (exact) mass is 271 g/mol. The second-order valence-corrected chi connectivity index (χ2v) is 6.31. The summed E-state index contributed by atoms with van der Waals surface area (Å²) >= 11 is 0. The van der Waals surface area contributed by atoms with Crippen LogP contribution in [0.3, 0.4) is 0 Å². The van der Waals surface area contributed by atoms with Gasteiger partial charge in [-0.3, -0.25) is 4.79 Å². The van der Waals surface area contributed by atoms with Gasteiger partial charge in [-0.25, -0.2) is 0 Å². The first-order chi connectivity index (χ1) is 8.93. The molecule has 0 radical (unpaired) electrons. The standard InChI is InChI=1S/C16H33NO2/c1-5-6-7-8-9-10-12-15(19)17(13-11-14-18)16(2,3)4/h18H,5-14H2,1-4H3. The van der Waals surface area contributed by atoms with Gasteiger partial charge in [0.2, 0.25) is 5.91 Å². The summed E-state index contributed by atoms with van der Waals surface area (Å²) in [5, 5.41) is 8.92. The van der Waals surface area contributed by atoms with E-state index in [2.05, 4.69) is 27.7 Å². The minimum absolute atomic E-state index is 0.144. The largest absolute Gasteiger partial charge is 0.396 e. The Morgan fingerprint density at radius 2 is 1.58 bits per heavy atom. The maximum atomic E-state index is 12.2. The molecule has 0 saturated carbocycles. The zero-order valence-electron chi connectivity index (χ0n) is 13.4. The van der Waals surface area contributed by atoms with Crippen LogP contribution in [0, 0.1) is 0 Å². The number of aliphatic hydroxyl groups is 1. The van der Waals surface area contributed by atoms with Gasteiger partial charge in [-0.1, -0.05) is 39.0 Å². The normalized spacial score (nSPS) is 11.6. The van der Waals surface area contributed by atoms with Crippen LogP contribution in [0.25, 0.3) is 0 Å². The van der Waals surface area contributed by atoms with Crippen LogP contribution in [0.1, 0.15) is 79.1 Å². The van der Waals surface area contributed by atoms with E-state index in [9.17, 15) is 4.79 Å². The Labute approximate surface area is 119 Å². The number of hydrogen-bond acceptors (Lipinski definition) is 2. The molecule has 0 atom stereocenters. The van der Waals surface area contributed by atoms with Crippen molar-refractivity contribution < 1.29 is 9.90 Å². The number of rotatable bonds is 10. The predicted molar refractivity (Wildman–Crippen MR) is 81.2 cm³/mol. The molecule has 19 heavy (non-hydrogen) atoms. The molecule has 0 aromatic heterocycles. The van der Waals surface area contributed by atoms with Gasteiger partial charge < -0.3 is 10.0 Å². The van der Waals surface area contributed by atoms with E-state index in [4.69, 9.17) is 5.11 Å². The van der Waals surface area contributed by atoms with Crippen molar-refractivity contribution in [3.8, 4) is 0 Å². The molecule has 0 aromatic rings. The third-order valence-corrected chi connectivity index (χ3v) is 3.39. The molecule has 0 bridgehead atoms. The maximum absolute atomic E-state index is 12.2. The van der Waals surface area contributed by atoms with Crippen molar-refractivity contribution in [2.24, 2.45) is 0 Å². The fourth-order valence-corrected chi connectivity index (χ4v) is 2.25. The van der Waals surface area contributed by atoms with Gasteiger partial charge in [0.05, 0.1) is 0 Å². The van der Waals surface area contributed by atoms with Gasteiger partial charge in [0.25, 0.3) is 0 Å². The third-order valence-electron chi connectivity index (χ3n) is 3.39. The summed E-state index contributed by atoms with van der Waals surface area (Å²) in [5.41, 5.74) is -0.144. The van der Waals surface area contributed by atoms with Crippen LogP contribution in [0.2, 0.25) is 0 Å². The molecule has 3 nitrogen and oxygen atoms in total. The van der Waals surface area contributed by atoms with Gasteiger partial charge in [-0.05, 0) is 33.6 Å². The number of carbonyl (C=O) groups is 1. The molecule has 0 fully saturated rings. The highest BCUT2D eigenvalue weighted by molar-refractivity contribution is 5.76. The first-order valence-corrected chi connectivity index (χ1v) is 7.84. The molecule has 0 unspecified atom stereocenters. The first-order valence-electron chi connectivity index (χ1n) is 7.84. The zero-order valence-corrected chi connectivity index (χ0v) is 13.4. The highest BCUT2D eigenvalue weighted by atomic mass is 16.3. The Kier molecular flexibility index (Phi) is 9.94. The van der Waals surface area contributed by atoms with Crippen molar-refractivity contribution in [2.75, 3.05) is 13.2 Å². The Balaban J connectivity index is 3.98. The number of aliphatic hydroxyl groups excluding tert-OH is 1. The van der Waals surface area contributed by atoms with Crippen LogP contribution in [-0.4, -0.2) is 34.6 Å². The molecule has 0 aliphatic rings. The molecule has 0 rings (SSSR count). The van der Waals surface area contributed by atoms with Crippen LogP contribution in [0.5, 0.6) is 0 Å². The molecule has 0 spiro atoms. The van der Waals surface area contributed by atoms with Crippen molar-refractivity contribution in [3.63, 3.8) is 0 Å². The summed E-state index contributed by atoms with van der Waals surface area (Å²) in [4.78, 5) is 14.1. The second-order valence-electron chi connectivity index (χ2n) is 6.31. The average Bonchev–Trinajstić information content (AvgIpc) is 2.32. The third kappa shape index (κ3) is 9.04. The molecule has 0 saturated heterocycles. The van der Waals surface area contributed by atoms with E-state index >= 15 is 0 Å². The second kappa shape index (κ2) is 10.2. The van der Waals surface area contributed by atoms with Crippen LogP contribution in [0.4, 0.5) is 0 Å². The maximum Gasteiger partial charge on any atom is 0.222 e. The number of hydrogen-bond donors (Lipinski definition) is 1. The summed E-state index contributed by atoms with van der Waals surface area (Å²) in [5.74, 6) is 0.233. The van der Waals surface area contributed by atoms with E-state index in [1.165, 1.54) is 25.7 Å². The van der Waals surface area contributed by atoms with Crippen LogP contribution >= 0.6 is 0 Å². The van der Waals surface area contributed by atoms with Crippen molar-refractivity contribution in [2.45, 2.75) is 84.6 Å². The minimum Gasteiger partial charge on any atom is -0.396 e. The molecule has 0 heterocycles. The molecule has 0 aliphatic carbocycles. The number of carbonyl (C=O) groups excluding carboxylic acids is 1. The lowest BCUT2D eigenvalue weighted by Crippen LogP contribution is -2.46. The van der Waals surface area contributed by atoms with E-state index in [-0.39, 0.29) is 18.1 Å². The molecular weight excluding hydrogens is 238 g/mol. The first kappa shape index (κ1) is 18.4. The number of unbranched alkanes of at least 4 members (excludes halogenated alkanes) is 5. The van der Waals surface area contributed by atoms with E-state index in [1.807, 2.05) is 4.90 Å². The van der Waals surface area contributed by atoms with Gasteiger partial charge in [-0.15, -0.1) is 0 Å². The summed E-state index contributed by atoms with van der Waals surface area (Å²) in [6.45, 7) is 9.20. The van der Waals surface area contributed by atoms with Crippen molar-refractivity contribution >= 4 is 5.91 Å². The van der Waals surface area contributed by atoms with Gasteiger partial charge in [0, 0.05) is 25.1 Å². The number of amides is 1. The Bertz CT molecular complexity index is 233. The minimum atomic E-state index is -0.144. The highest BCUT2D eigenvalue weighted by Crippen LogP contribution is 2.17. The molecule has 1 amide bonds. The van der Waals surface area contributed by atoms with Crippen LogP contribution in [0.15, 0.2) is 0 Å². The van der Waals surface area contributed by atoms with Crippen LogP contribution < -0.4 is 0 Å². The molecule has 0 aromatic carbocycles. The topological polar surface area (TPSA) is 40.5 Å². The molecule has 0 aliphatic heterocycles. The van der Waals surface area contributed by atoms with Crippen molar-refractivity contribution in [1.82, 2.24) is 4.90 Å². The smallest absolute Gasteiger partial charge is 0.222 e. The highest BCUT2D eigenvalue weighted by Gasteiger charge is 2.25. The van der Waals surface area contributed by atoms with Gasteiger partial charge in [0.15, 0.2) is 0 Å². The molecular formula is C16H33NO2. The molecule has 114 valence electrons. The molecule has 3 heteroatoms. The van der Waals surface area contributed by atoms with Crippen molar-refractivity contribution in [1.29, 1.82) is 0 Å². The summed E-state index contributed by atoms with van der Waals surface area (Å²) in [6, 6.07) is 0. The quantitative estimate of drug-likeness (QED) is 0.615. The van der Waals surface area contributed by atoms with E-state index in [0.717, 1.165) is 12.8 Å². The van der Waals surface area contributed by atoms with Gasteiger partial charge in [-0.2, -0.15) is 0 Å². The number of nitrogens with zero attached hydrogens (tertiary/aromatic N) is 1. The van der Waals surface area contributed by atoms with Crippen LogP contribution in [-0.2, 0) is 4.79 Å². The predicted octanol–water partition coefficient (Wildman–Crippen LogP) is 3.75. The van der Waals surface area contributed by atoms with Crippen molar-refractivity contribution in [3.05, 3.63) is 0 Å². The van der Waals surface area contributed by atoms with E-state index in [0.29, 0.717) is 19.4 Å². The lowest BCUT2D eigenvalue weighted by Gasteiger charge is -2.36. The SMILES string of the molecule is CCCCCCCCC(=O)N(CCCO)C(C)(C)C. The lowest BCUT2D eigenvalue weighted by atomic mass is 10.0. The average molecular weight is 271 g/mol. The van der Waals surface area contributed by atoms with E-state index < -0.39 is 0 Å². The fourth-order valence-electron chi connectivity index (χ4n) is 2.25.